The van der Waals surface area contributed by atoms with E-state index in [4.69, 9.17) is 15.6 Å². The van der Waals surface area contributed by atoms with Crippen molar-refractivity contribution in [3.8, 4) is 11.1 Å². The monoisotopic (exact) mass is 438 g/mol. The van der Waals surface area contributed by atoms with Gasteiger partial charge in [-0.25, -0.2) is 9.37 Å². The van der Waals surface area contributed by atoms with Crippen LogP contribution in [0.15, 0.2) is 60.8 Å². The van der Waals surface area contributed by atoms with Gasteiger partial charge in [-0.1, -0.05) is 36.4 Å². The molecule has 1 aliphatic rings. The molecule has 0 unspecified atom stereocenters. The highest BCUT2D eigenvalue weighted by atomic mass is 19.1. The first-order chi connectivity index (χ1) is 15.6. The van der Waals surface area contributed by atoms with Gasteiger partial charge < -0.3 is 25.8 Å². The number of halogens is 1. The summed E-state index contributed by atoms with van der Waals surface area (Å²) in [5.74, 6) is -0.752. The maximum atomic E-state index is 14.7. The second-order valence-corrected chi connectivity index (χ2v) is 7.09. The Labute approximate surface area is 186 Å². The number of pyridine rings is 1. The molecule has 0 atom stereocenters. The van der Waals surface area contributed by atoms with Crippen molar-refractivity contribution in [3.05, 3.63) is 77.7 Å². The van der Waals surface area contributed by atoms with Gasteiger partial charge in [0.1, 0.15) is 11.6 Å². The SMILES string of the molecule is CO.Nc1ncc(N2CCOCC2)cc1-c1ccc(C(=O)NCc2ccccc2)c(F)c1. The number of rotatable bonds is 5. The molecule has 1 saturated heterocycles. The van der Waals surface area contributed by atoms with Gasteiger partial charge in [0.05, 0.1) is 30.7 Å². The van der Waals surface area contributed by atoms with E-state index in [9.17, 15) is 9.18 Å². The lowest BCUT2D eigenvalue weighted by Gasteiger charge is -2.29. The fourth-order valence-corrected chi connectivity index (χ4v) is 3.43. The van der Waals surface area contributed by atoms with Crippen molar-refractivity contribution in [2.45, 2.75) is 6.54 Å². The van der Waals surface area contributed by atoms with E-state index in [0.29, 0.717) is 36.7 Å². The van der Waals surface area contributed by atoms with Crippen LogP contribution < -0.4 is 16.0 Å². The number of nitrogens with zero attached hydrogens (tertiary/aromatic N) is 2. The number of nitrogens with two attached hydrogens (primary N) is 1. The number of carbonyl (C=O) groups excluding carboxylic acids is 1. The lowest BCUT2D eigenvalue weighted by molar-refractivity contribution is 0.0947. The van der Waals surface area contributed by atoms with Gasteiger partial charge in [0.2, 0.25) is 0 Å². The lowest BCUT2D eigenvalue weighted by Crippen LogP contribution is -2.36. The van der Waals surface area contributed by atoms with Crippen LogP contribution in [0.2, 0.25) is 0 Å². The molecule has 0 radical (unpaired) electrons. The first-order valence-corrected chi connectivity index (χ1v) is 10.3. The predicted octanol–water partition coefficient (Wildman–Crippen LogP) is 2.84. The molecule has 32 heavy (non-hydrogen) atoms. The summed E-state index contributed by atoms with van der Waals surface area (Å²) in [5, 5.41) is 9.74. The number of hydrogen-bond donors (Lipinski definition) is 3. The number of aliphatic hydroxyl groups excluding tert-OH is 1. The molecular weight excluding hydrogens is 411 g/mol. The highest BCUT2D eigenvalue weighted by Gasteiger charge is 2.17. The van der Waals surface area contributed by atoms with Crippen LogP contribution in [-0.4, -0.2) is 49.4 Å². The second kappa shape index (κ2) is 11.2. The van der Waals surface area contributed by atoms with Crippen molar-refractivity contribution >= 4 is 17.4 Å². The Bertz CT molecular complexity index is 1040. The van der Waals surface area contributed by atoms with E-state index in [1.165, 1.54) is 12.1 Å². The molecule has 8 heteroatoms. The van der Waals surface area contributed by atoms with Gasteiger partial charge in [-0.2, -0.15) is 0 Å². The zero-order chi connectivity index (χ0) is 22.9. The van der Waals surface area contributed by atoms with Crippen LogP contribution in [0.3, 0.4) is 0 Å². The number of aliphatic hydroxyl groups is 1. The van der Waals surface area contributed by atoms with E-state index in [-0.39, 0.29) is 5.56 Å². The molecular formula is C24H27FN4O3. The van der Waals surface area contributed by atoms with Gasteiger partial charge >= 0.3 is 0 Å². The minimum absolute atomic E-state index is 0.00875. The van der Waals surface area contributed by atoms with Gasteiger partial charge in [-0.15, -0.1) is 0 Å². The molecule has 4 rings (SSSR count). The molecule has 168 valence electrons. The minimum Gasteiger partial charge on any atom is -0.400 e. The van der Waals surface area contributed by atoms with Gasteiger partial charge in [0.25, 0.3) is 5.91 Å². The number of benzene rings is 2. The molecule has 7 nitrogen and oxygen atoms in total. The van der Waals surface area contributed by atoms with Gasteiger partial charge in [-0.3, -0.25) is 4.79 Å². The number of nitrogen functional groups attached to an aromatic ring is 1. The maximum Gasteiger partial charge on any atom is 0.254 e. The number of amides is 1. The summed E-state index contributed by atoms with van der Waals surface area (Å²) in [7, 11) is 1.00. The van der Waals surface area contributed by atoms with Crippen LogP contribution in [0.25, 0.3) is 11.1 Å². The standard InChI is InChI=1S/C23H23FN4O2.CH4O/c24-21-12-17(6-7-19(21)23(29)27-14-16-4-2-1-3-5-16)20-13-18(15-26-22(20)25)28-8-10-30-11-9-28;1-2/h1-7,12-13,15H,8-11,14H2,(H2,25,26)(H,27,29);2H,1H3. The number of nitrogens with one attached hydrogen (secondary N) is 1. The highest BCUT2D eigenvalue weighted by molar-refractivity contribution is 5.95. The first kappa shape index (κ1) is 23.2. The van der Waals surface area contributed by atoms with Gasteiger partial charge in [0.15, 0.2) is 0 Å². The van der Waals surface area contributed by atoms with Crippen LogP contribution >= 0.6 is 0 Å². The van der Waals surface area contributed by atoms with E-state index in [1.807, 2.05) is 36.4 Å². The summed E-state index contributed by atoms with van der Waals surface area (Å²) < 4.78 is 20.1. The Morgan fingerprint density at radius 2 is 1.88 bits per heavy atom. The zero-order valence-electron chi connectivity index (χ0n) is 17.9. The highest BCUT2D eigenvalue weighted by Crippen LogP contribution is 2.30. The third kappa shape index (κ3) is 5.60. The van der Waals surface area contributed by atoms with Crippen LogP contribution in [0, 0.1) is 5.82 Å². The van der Waals surface area contributed by atoms with Crippen LogP contribution in [0.1, 0.15) is 15.9 Å². The van der Waals surface area contributed by atoms with Crippen molar-refractivity contribution in [2.24, 2.45) is 0 Å². The topological polar surface area (TPSA) is 101 Å². The second-order valence-electron chi connectivity index (χ2n) is 7.09. The van der Waals surface area contributed by atoms with Crippen LogP contribution in [-0.2, 0) is 11.3 Å². The number of morpholine rings is 1. The smallest absolute Gasteiger partial charge is 0.254 e. The molecule has 0 saturated carbocycles. The predicted molar refractivity (Wildman–Crippen MR) is 123 cm³/mol. The molecule has 0 spiro atoms. The molecule has 0 bridgehead atoms. The third-order valence-electron chi connectivity index (χ3n) is 5.10. The molecule has 2 aromatic carbocycles. The number of ether oxygens (including phenoxy) is 1. The Balaban J connectivity index is 0.00000141. The van der Waals surface area contributed by atoms with Crippen LogP contribution in [0.5, 0.6) is 0 Å². The molecule has 3 aromatic rings. The molecule has 4 N–H and O–H groups in total. The van der Waals surface area contributed by atoms with Crippen molar-refractivity contribution < 1.29 is 19.0 Å². The van der Waals surface area contributed by atoms with E-state index in [2.05, 4.69) is 15.2 Å². The molecule has 0 aliphatic carbocycles. The number of aromatic nitrogens is 1. The van der Waals surface area contributed by atoms with Crippen molar-refractivity contribution in [1.29, 1.82) is 0 Å². The molecule has 1 aliphatic heterocycles. The van der Waals surface area contributed by atoms with Crippen molar-refractivity contribution in [3.63, 3.8) is 0 Å². The van der Waals surface area contributed by atoms with E-state index in [0.717, 1.165) is 31.5 Å². The van der Waals surface area contributed by atoms with Crippen LogP contribution in [0.4, 0.5) is 15.9 Å². The summed E-state index contributed by atoms with van der Waals surface area (Å²) in [5.41, 5.74) is 9.11. The summed E-state index contributed by atoms with van der Waals surface area (Å²) in [6.07, 6.45) is 1.71. The first-order valence-electron chi connectivity index (χ1n) is 10.3. The zero-order valence-corrected chi connectivity index (χ0v) is 17.9. The molecule has 2 heterocycles. The largest absolute Gasteiger partial charge is 0.400 e. The van der Waals surface area contributed by atoms with Gasteiger partial charge in [-0.05, 0) is 29.3 Å². The van der Waals surface area contributed by atoms with Gasteiger partial charge in [0, 0.05) is 32.3 Å². The Morgan fingerprint density at radius 3 is 2.56 bits per heavy atom. The summed E-state index contributed by atoms with van der Waals surface area (Å²) in [4.78, 5) is 18.8. The van der Waals surface area contributed by atoms with E-state index >= 15 is 0 Å². The summed E-state index contributed by atoms with van der Waals surface area (Å²) in [6.45, 7) is 3.17. The minimum atomic E-state index is -0.603. The average molecular weight is 439 g/mol. The molecule has 1 aromatic heterocycles. The number of anilines is 2. The molecule has 1 amide bonds. The van der Waals surface area contributed by atoms with E-state index in [1.54, 1.807) is 12.3 Å². The Hall–Kier alpha value is -3.49. The van der Waals surface area contributed by atoms with Crippen molar-refractivity contribution in [1.82, 2.24) is 10.3 Å². The Kier molecular flexibility index (Phi) is 8.13. The average Bonchev–Trinajstić information content (AvgIpc) is 2.85. The fraction of sp³-hybridized carbons (Fsp3) is 0.250. The summed E-state index contributed by atoms with van der Waals surface area (Å²) >= 11 is 0. The van der Waals surface area contributed by atoms with Crippen molar-refractivity contribution in [2.75, 3.05) is 44.0 Å². The number of carbonyl (C=O) groups is 1. The lowest BCUT2D eigenvalue weighted by atomic mass is 10.0. The normalized spacial score (nSPS) is 13.2. The quantitative estimate of drug-likeness (QED) is 0.566. The molecule has 1 fully saturated rings. The Morgan fingerprint density at radius 1 is 1.16 bits per heavy atom. The van der Waals surface area contributed by atoms with E-state index < -0.39 is 11.7 Å². The fourth-order valence-electron chi connectivity index (χ4n) is 3.43. The third-order valence-corrected chi connectivity index (χ3v) is 5.10. The summed E-state index contributed by atoms with van der Waals surface area (Å²) in [6, 6.07) is 15.9. The maximum absolute atomic E-state index is 14.7. The number of hydrogen-bond acceptors (Lipinski definition) is 6.